The van der Waals surface area contributed by atoms with Crippen LogP contribution >= 0.6 is 0 Å². The molecule has 2 rings (SSSR count). The molecule has 1 aromatic heterocycles. The fourth-order valence-electron chi connectivity index (χ4n) is 1.84. The van der Waals surface area contributed by atoms with Gasteiger partial charge in [0.2, 0.25) is 0 Å². The molecule has 9 heteroatoms. The second-order valence-corrected chi connectivity index (χ2v) is 6.68. The molecular formula is C14H15N3O5S. The highest BCUT2D eigenvalue weighted by molar-refractivity contribution is 8.06. The number of carbonyl (C=O) groups excluding carboxylic acids is 2. The maximum absolute atomic E-state index is 11.7. The van der Waals surface area contributed by atoms with Crippen LogP contribution in [0.15, 0.2) is 39.8 Å². The van der Waals surface area contributed by atoms with Gasteiger partial charge in [-0.25, -0.2) is 8.42 Å². The van der Waals surface area contributed by atoms with Gasteiger partial charge in [-0.1, -0.05) is 17.3 Å². The van der Waals surface area contributed by atoms with E-state index in [0.717, 1.165) is 5.56 Å². The van der Waals surface area contributed by atoms with Crippen LogP contribution in [-0.2, 0) is 16.3 Å². The summed E-state index contributed by atoms with van der Waals surface area (Å²) in [6.45, 7) is 2.03. The average molecular weight is 337 g/mol. The maximum Gasteiger partial charge on any atom is 0.338 e. The quantitative estimate of drug-likeness (QED) is 0.829. The summed E-state index contributed by atoms with van der Waals surface area (Å²) < 4.78 is 27.9. The fourth-order valence-corrected chi connectivity index (χ4v) is 2.56. The van der Waals surface area contributed by atoms with E-state index >= 15 is 0 Å². The zero-order valence-corrected chi connectivity index (χ0v) is 13.1. The summed E-state index contributed by atoms with van der Waals surface area (Å²) in [5.74, 6) is 0.191. The number of primary amides is 1. The summed E-state index contributed by atoms with van der Waals surface area (Å²) in [6, 6.07) is 7.25. The van der Waals surface area contributed by atoms with Gasteiger partial charge in [-0.05, 0) is 31.0 Å². The summed E-state index contributed by atoms with van der Waals surface area (Å²) >= 11 is 0. The average Bonchev–Trinajstić information content (AvgIpc) is 2.94. The number of rotatable bonds is 5. The molecule has 0 atom stereocenters. The zero-order chi connectivity index (χ0) is 17.0. The third-order valence-electron chi connectivity index (χ3n) is 3.06. The van der Waals surface area contributed by atoms with Crippen LogP contribution in [0.5, 0.6) is 0 Å². The number of sulfone groups is 1. The Kier molecular flexibility index (Phi) is 4.80. The normalized spacial score (nSPS) is 11.2. The molecular weight excluding hydrogens is 322 g/mol. The van der Waals surface area contributed by atoms with Crippen molar-refractivity contribution in [1.29, 1.82) is 0 Å². The molecule has 0 saturated carbocycles. The lowest BCUT2D eigenvalue weighted by Crippen LogP contribution is -2.26. The molecule has 122 valence electrons. The van der Waals surface area contributed by atoms with Gasteiger partial charge in [0.05, 0.1) is 4.90 Å². The van der Waals surface area contributed by atoms with E-state index in [2.05, 4.69) is 10.5 Å². The Labute approximate surface area is 132 Å². The maximum atomic E-state index is 11.7. The number of carbonyl (C=O) groups is 2. The van der Waals surface area contributed by atoms with Gasteiger partial charge in [0, 0.05) is 12.6 Å². The van der Waals surface area contributed by atoms with Crippen LogP contribution in [0.3, 0.4) is 0 Å². The van der Waals surface area contributed by atoms with E-state index in [4.69, 9.17) is 10.3 Å². The van der Waals surface area contributed by atoms with Crippen molar-refractivity contribution < 1.29 is 22.5 Å². The molecule has 8 nitrogen and oxygen atoms in total. The SMILES string of the molecule is Cc1cc(C(=O)NCCc2ccc(S(=O)(=O)C(N)=O)cc2)no1. The van der Waals surface area contributed by atoms with Gasteiger partial charge >= 0.3 is 5.24 Å². The summed E-state index contributed by atoms with van der Waals surface area (Å²) in [5.41, 5.74) is 5.82. The molecule has 1 aromatic carbocycles. The molecule has 0 unspecified atom stereocenters. The monoisotopic (exact) mass is 337 g/mol. The largest absolute Gasteiger partial charge is 0.361 e. The summed E-state index contributed by atoms with van der Waals surface area (Å²) in [6.07, 6.45) is 0.486. The van der Waals surface area contributed by atoms with E-state index in [0.29, 0.717) is 18.7 Å². The molecule has 0 spiro atoms. The van der Waals surface area contributed by atoms with Crippen LogP contribution in [0.4, 0.5) is 4.79 Å². The van der Waals surface area contributed by atoms with Gasteiger partial charge in [0.1, 0.15) is 5.76 Å². The first-order valence-corrected chi connectivity index (χ1v) is 8.14. The molecule has 2 aromatic rings. The molecule has 3 N–H and O–H groups in total. The first kappa shape index (κ1) is 16.7. The predicted molar refractivity (Wildman–Crippen MR) is 80.5 cm³/mol. The second-order valence-electron chi connectivity index (χ2n) is 4.80. The molecule has 2 amide bonds. The molecule has 0 aliphatic rings. The number of nitrogens with one attached hydrogen (secondary N) is 1. The standard InChI is InChI=1S/C14H15N3O5S/c1-9-8-12(17-22-9)13(18)16-7-6-10-2-4-11(5-3-10)23(20,21)14(15)19/h2-5,8H,6-7H2,1H3,(H2,15,19)(H,16,18). The third-order valence-corrected chi connectivity index (χ3v) is 4.48. The van der Waals surface area contributed by atoms with Crippen molar-refractivity contribution in [2.45, 2.75) is 18.2 Å². The predicted octanol–water partition coefficient (Wildman–Crippen LogP) is 0.808. The van der Waals surface area contributed by atoms with Gasteiger partial charge in [0.15, 0.2) is 5.69 Å². The van der Waals surface area contributed by atoms with Crippen LogP contribution in [0, 0.1) is 6.92 Å². The van der Waals surface area contributed by atoms with E-state index in [1.165, 1.54) is 18.2 Å². The Hall–Kier alpha value is -2.68. The Morgan fingerprint density at radius 2 is 1.91 bits per heavy atom. The van der Waals surface area contributed by atoms with Crippen molar-refractivity contribution in [1.82, 2.24) is 10.5 Å². The lowest BCUT2D eigenvalue weighted by Gasteiger charge is -2.05. The fraction of sp³-hybridized carbons (Fsp3) is 0.214. The first-order valence-electron chi connectivity index (χ1n) is 6.65. The van der Waals surface area contributed by atoms with Crippen molar-refractivity contribution in [2.75, 3.05) is 6.54 Å². The Morgan fingerprint density at radius 1 is 1.26 bits per heavy atom. The Bertz CT molecular complexity index is 824. The van der Waals surface area contributed by atoms with Crippen molar-refractivity contribution in [2.24, 2.45) is 5.73 Å². The number of nitrogens with two attached hydrogens (primary N) is 1. The van der Waals surface area contributed by atoms with E-state index < -0.39 is 15.1 Å². The molecule has 0 saturated heterocycles. The van der Waals surface area contributed by atoms with E-state index in [9.17, 15) is 18.0 Å². The molecule has 0 aliphatic carbocycles. The van der Waals surface area contributed by atoms with Crippen LogP contribution in [0.25, 0.3) is 0 Å². The zero-order valence-electron chi connectivity index (χ0n) is 12.3. The van der Waals surface area contributed by atoms with Gasteiger partial charge < -0.3 is 15.6 Å². The Balaban J connectivity index is 1.92. The van der Waals surface area contributed by atoms with Crippen LogP contribution in [-0.4, -0.2) is 31.3 Å². The van der Waals surface area contributed by atoms with Crippen LogP contribution in [0.2, 0.25) is 0 Å². The second kappa shape index (κ2) is 6.61. The number of aromatic nitrogens is 1. The molecule has 0 aliphatic heterocycles. The minimum Gasteiger partial charge on any atom is -0.361 e. The highest BCUT2D eigenvalue weighted by Crippen LogP contribution is 2.12. The highest BCUT2D eigenvalue weighted by atomic mass is 32.2. The van der Waals surface area contributed by atoms with Gasteiger partial charge in [-0.15, -0.1) is 0 Å². The summed E-state index contributed by atoms with van der Waals surface area (Å²) in [7, 11) is -4.11. The van der Waals surface area contributed by atoms with Crippen molar-refractivity contribution >= 4 is 21.0 Å². The van der Waals surface area contributed by atoms with Crippen molar-refractivity contribution in [3.63, 3.8) is 0 Å². The van der Waals surface area contributed by atoms with Crippen molar-refractivity contribution in [3.05, 3.63) is 47.3 Å². The number of nitrogens with zero attached hydrogens (tertiary/aromatic N) is 1. The third kappa shape index (κ3) is 3.95. The van der Waals surface area contributed by atoms with Crippen molar-refractivity contribution in [3.8, 4) is 0 Å². The summed E-state index contributed by atoms with van der Waals surface area (Å²) in [4.78, 5) is 22.5. The molecule has 0 fully saturated rings. The molecule has 1 heterocycles. The molecule has 23 heavy (non-hydrogen) atoms. The molecule has 0 radical (unpaired) electrons. The number of amides is 2. The van der Waals surface area contributed by atoms with E-state index in [1.54, 1.807) is 19.1 Å². The number of hydrogen-bond acceptors (Lipinski definition) is 6. The van der Waals surface area contributed by atoms with Crippen LogP contribution < -0.4 is 11.1 Å². The van der Waals surface area contributed by atoms with Gasteiger partial charge in [-0.3, -0.25) is 9.59 Å². The van der Waals surface area contributed by atoms with E-state index in [-0.39, 0.29) is 16.5 Å². The number of aryl methyl sites for hydroxylation is 1. The Morgan fingerprint density at radius 3 is 2.43 bits per heavy atom. The summed E-state index contributed by atoms with van der Waals surface area (Å²) in [5, 5.41) is 4.88. The van der Waals surface area contributed by atoms with Gasteiger partial charge in [-0.2, -0.15) is 0 Å². The van der Waals surface area contributed by atoms with E-state index in [1.807, 2.05) is 0 Å². The lowest BCUT2D eigenvalue weighted by molar-refractivity contribution is 0.0945. The van der Waals surface area contributed by atoms with Gasteiger partial charge in [0.25, 0.3) is 15.7 Å². The number of benzene rings is 1. The lowest BCUT2D eigenvalue weighted by atomic mass is 10.1. The topological polar surface area (TPSA) is 132 Å². The smallest absolute Gasteiger partial charge is 0.338 e. The minimum absolute atomic E-state index is 0.157. The molecule has 0 bridgehead atoms. The minimum atomic E-state index is -4.11. The number of hydrogen-bond donors (Lipinski definition) is 2. The van der Waals surface area contributed by atoms with Crippen LogP contribution in [0.1, 0.15) is 21.8 Å². The highest BCUT2D eigenvalue weighted by Gasteiger charge is 2.21. The first-order chi connectivity index (χ1) is 10.8.